The second-order valence-electron chi connectivity index (χ2n) is 2.89. The van der Waals surface area contributed by atoms with Crippen LogP contribution in [0.5, 0.6) is 0 Å². The highest BCUT2D eigenvalue weighted by molar-refractivity contribution is 5.25. The fourth-order valence-corrected chi connectivity index (χ4v) is 0.909. The molecule has 0 saturated carbocycles. The van der Waals surface area contributed by atoms with Crippen molar-refractivity contribution in [1.29, 1.82) is 0 Å². The Morgan fingerprint density at radius 1 is 0.923 bits per heavy atom. The maximum Gasteiger partial charge on any atom is 0.0540 e. The van der Waals surface area contributed by atoms with Gasteiger partial charge in [0.25, 0.3) is 0 Å². The van der Waals surface area contributed by atoms with Crippen LogP contribution in [0.15, 0.2) is 0 Å². The smallest absolute Gasteiger partial charge is 0.0540 e. The summed E-state index contributed by atoms with van der Waals surface area (Å²) in [6.07, 6.45) is 6.51. The standard InChI is InChI=1S/C12H18O/c1-2-3-4-5-6-7-8-9-10-11-12-13/h13H,2-6,11-12H2,1H3. The Hall–Kier alpha value is -0.920. The van der Waals surface area contributed by atoms with E-state index in [2.05, 4.69) is 30.6 Å². The van der Waals surface area contributed by atoms with Gasteiger partial charge in [0.2, 0.25) is 0 Å². The number of aliphatic hydroxyl groups excluding tert-OH is 1. The van der Waals surface area contributed by atoms with Crippen LogP contribution in [-0.2, 0) is 0 Å². The van der Waals surface area contributed by atoms with E-state index in [0.29, 0.717) is 6.42 Å². The molecule has 0 rings (SSSR count). The molecule has 0 radical (unpaired) electrons. The molecule has 0 atom stereocenters. The van der Waals surface area contributed by atoms with Gasteiger partial charge in [-0.2, -0.15) is 0 Å². The minimum atomic E-state index is 0.130. The minimum absolute atomic E-state index is 0.130. The predicted molar refractivity (Wildman–Crippen MR) is 56.0 cm³/mol. The molecule has 0 amide bonds. The zero-order valence-electron chi connectivity index (χ0n) is 8.40. The van der Waals surface area contributed by atoms with Crippen molar-refractivity contribution in [2.45, 2.75) is 45.4 Å². The largest absolute Gasteiger partial charge is 0.395 e. The van der Waals surface area contributed by atoms with Crippen molar-refractivity contribution in [2.24, 2.45) is 0 Å². The normalized spacial score (nSPS) is 8.15. The van der Waals surface area contributed by atoms with E-state index < -0.39 is 0 Å². The lowest BCUT2D eigenvalue weighted by molar-refractivity contribution is 0.305. The van der Waals surface area contributed by atoms with E-state index in [9.17, 15) is 0 Å². The molecule has 13 heavy (non-hydrogen) atoms. The molecule has 0 aliphatic rings. The third-order valence-electron chi connectivity index (χ3n) is 1.63. The quantitative estimate of drug-likeness (QED) is 0.506. The van der Waals surface area contributed by atoms with Gasteiger partial charge in [-0.3, -0.25) is 0 Å². The molecule has 1 N–H and O–H groups in total. The lowest BCUT2D eigenvalue weighted by atomic mass is 10.2. The molecule has 1 nitrogen and oxygen atoms in total. The summed E-state index contributed by atoms with van der Waals surface area (Å²) in [5.74, 6) is 11.2. The Morgan fingerprint density at radius 3 is 2.23 bits per heavy atom. The molecule has 0 aliphatic heterocycles. The first-order chi connectivity index (χ1) is 6.41. The second kappa shape index (κ2) is 11.1. The van der Waals surface area contributed by atoms with E-state index >= 15 is 0 Å². The number of hydrogen-bond donors (Lipinski definition) is 1. The van der Waals surface area contributed by atoms with Crippen molar-refractivity contribution in [1.82, 2.24) is 0 Å². The van der Waals surface area contributed by atoms with E-state index in [-0.39, 0.29) is 6.61 Å². The van der Waals surface area contributed by atoms with Gasteiger partial charge in [-0.15, -0.1) is 0 Å². The summed E-state index contributed by atoms with van der Waals surface area (Å²) in [5.41, 5.74) is 0. The lowest BCUT2D eigenvalue weighted by Crippen LogP contribution is -1.75. The highest BCUT2D eigenvalue weighted by Crippen LogP contribution is 2.00. The SMILES string of the molecule is CCCCCCC#CC#CCCO. The zero-order valence-corrected chi connectivity index (χ0v) is 8.40. The molecule has 0 aromatic heterocycles. The molecule has 0 saturated heterocycles. The Balaban J connectivity index is 3.26. The molecule has 0 heterocycles. The third-order valence-corrected chi connectivity index (χ3v) is 1.63. The van der Waals surface area contributed by atoms with Crippen molar-refractivity contribution >= 4 is 0 Å². The van der Waals surface area contributed by atoms with E-state index in [4.69, 9.17) is 5.11 Å². The Morgan fingerprint density at radius 2 is 1.62 bits per heavy atom. The lowest BCUT2D eigenvalue weighted by Gasteiger charge is -1.90. The zero-order chi connectivity index (χ0) is 9.78. The van der Waals surface area contributed by atoms with E-state index in [0.717, 1.165) is 6.42 Å². The summed E-state index contributed by atoms with van der Waals surface area (Å²) in [5, 5.41) is 8.42. The molecule has 0 unspecified atom stereocenters. The summed E-state index contributed by atoms with van der Waals surface area (Å²) < 4.78 is 0. The van der Waals surface area contributed by atoms with Gasteiger partial charge in [0.1, 0.15) is 0 Å². The molecule has 0 bridgehead atoms. The Kier molecular flexibility index (Phi) is 10.3. The van der Waals surface area contributed by atoms with Crippen LogP contribution in [0, 0.1) is 23.7 Å². The van der Waals surface area contributed by atoms with E-state index in [1.807, 2.05) is 0 Å². The predicted octanol–water partition coefficient (Wildman–Crippen LogP) is 2.35. The van der Waals surface area contributed by atoms with Gasteiger partial charge in [-0.25, -0.2) is 0 Å². The summed E-state index contributed by atoms with van der Waals surface area (Å²) in [6, 6.07) is 0. The summed E-state index contributed by atoms with van der Waals surface area (Å²) in [7, 11) is 0. The van der Waals surface area contributed by atoms with Gasteiger partial charge in [0.15, 0.2) is 0 Å². The molecular formula is C12H18O. The van der Waals surface area contributed by atoms with Crippen LogP contribution < -0.4 is 0 Å². The number of rotatable bonds is 5. The Labute approximate surface area is 81.5 Å². The first-order valence-electron chi connectivity index (χ1n) is 4.98. The Bertz CT molecular complexity index is 209. The molecule has 0 aromatic carbocycles. The summed E-state index contributed by atoms with van der Waals surface area (Å²) in [4.78, 5) is 0. The number of unbranched alkanes of at least 4 members (excludes halogenated alkanes) is 4. The van der Waals surface area contributed by atoms with Gasteiger partial charge in [-0.1, -0.05) is 38.0 Å². The fraction of sp³-hybridized carbons (Fsp3) is 0.667. The molecule has 72 valence electrons. The summed E-state index contributed by atoms with van der Waals surface area (Å²) in [6.45, 7) is 2.33. The fourth-order valence-electron chi connectivity index (χ4n) is 0.909. The average Bonchev–Trinajstić information content (AvgIpc) is 2.16. The van der Waals surface area contributed by atoms with Crippen molar-refractivity contribution in [3.05, 3.63) is 0 Å². The van der Waals surface area contributed by atoms with Crippen LogP contribution in [0.4, 0.5) is 0 Å². The summed E-state index contributed by atoms with van der Waals surface area (Å²) >= 11 is 0. The van der Waals surface area contributed by atoms with Gasteiger partial charge in [-0.05, 0) is 18.3 Å². The van der Waals surface area contributed by atoms with Crippen molar-refractivity contribution in [3.63, 3.8) is 0 Å². The van der Waals surface area contributed by atoms with Crippen molar-refractivity contribution in [2.75, 3.05) is 6.61 Å². The maximum absolute atomic E-state index is 8.42. The topological polar surface area (TPSA) is 20.2 Å². The van der Waals surface area contributed by atoms with Gasteiger partial charge >= 0.3 is 0 Å². The van der Waals surface area contributed by atoms with Crippen LogP contribution in [-0.4, -0.2) is 11.7 Å². The first-order valence-corrected chi connectivity index (χ1v) is 4.98. The molecule has 0 spiro atoms. The van der Waals surface area contributed by atoms with Crippen LogP contribution in [0.25, 0.3) is 0 Å². The van der Waals surface area contributed by atoms with Crippen LogP contribution in [0.2, 0.25) is 0 Å². The molecule has 0 fully saturated rings. The average molecular weight is 178 g/mol. The van der Waals surface area contributed by atoms with Crippen molar-refractivity contribution < 1.29 is 5.11 Å². The van der Waals surface area contributed by atoms with E-state index in [1.165, 1.54) is 25.7 Å². The van der Waals surface area contributed by atoms with Gasteiger partial charge in [0, 0.05) is 12.8 Å². The molecular weight excluding hydrogens is 160 g/mol. The minimum Gasteiger partial charge on any atom is -0.395 e. The molecule has 1 heteroatoms. The van der Waals surface area contributed by atoms with Crippen LogP contribution in [0.3, 0.4) is 0 Å². The van der Waals surface area contributed by atoms with Crippen LogP contribution >= 0.6 is 0 Å². The third kappa shape index (κ3) is 11.1. The van der Waals surface area contributed by atoms with Gasteiger partial charge in [0.05, 0.1) is 6.61 Å². The second-order valence-corrected chi connectivity index (χ2v) is 2.89. The highest BCUT2D eigenvalue weighted by Gasteiger charge is 1.82. The van der Waals surface area contributed by atoms with Crippen molar-refractivity contribution in [3.8, 4) is 23.7 Å². The maximum atomic E-state index is 8.42. The van der Waals surface area contributed by atoms with E-state index in [1.54, 1.807) is 0 Å². The monoisotopic (exact) mass is 178 g/mol. The highest BCUT2D eigenvalue weighted by atomic mass is 16.2. The number of hydrogen-bond acceptors (Lipinski definition) is 1. The van der Waals surface area contributed by atoms with Crippen LogP contribution in [0.1, 0.15) is 45.4 Å². The molecule has 0 aliphatic carbocycles. The first kappa shape index (κ1) is 12.1. The molecule has 0 aromatic rings. The van der Waals surface area contributed by atoms with Gasteiger partial charge < -0.3 is 5.11 Å². The number of aliphatic hydroxyl groups is 1.